The number of fused-ring (bicyclic) bond motifs is 1. The van der Waals surface area contributed by atoms with Crippen molar-refractivity contribution in [2.24, 2.45) is 5.92 Å². The first-order valence-electron chi connectivity index (χ1n) is 7.42. The maximum atomic E-state index is 5.44. The topological polar surface area (TPSA) is 50.3 Å². The standard InChI is InChI=1S/C15H22N4OS/c1-10-8-12-13(17-15(16-2)18-14(12)21-10)19(3)9-11-4-6-20-7-5-11/h8,11H,4-7,9H2,1-3H3,(H,16,17,18). The summed E-state index contributed by atoms with van der Waals surface area (Å²) in [6, 6.07) is 2.19. The van der Waals surface area contributed by atoms with Gasteiger partial charge in [0.1, 0.15) is 10.6 Å². The Hall–Kier alpha value is -1.40. The minimum absolute atomic E-state index is 0.687. The molecule has 0 aromatic carbocycles. The van der Waals surface area contributed by atoms with Gasteiger partial charge in [-0.15, -0.1) is 11.3 Å². The second-order valence-corrected chi connectivity index (χ2v) is 6.87. The van der Waals surface area contributed by atoms with E-state index in [0.29, 0.717) is 11.9 Å². The van der Waals surface area contributed by atoms with E-state index in [1.807, 2.05) is 7.05 Å². The van der Waals surface area contributed by atoms with Crippen LogP contribution in [0.25, 0.3) is 10.2 Å². The van der Waals surface area contributed by atoms with Crippen molar-refractivity contribution in [1.29, 1.82) is 0 Å². The second-order valence-electron chi connectivity index (χ2n) is 5.63. The van der Waals surface area contributed by atoms with Gasteiger partial charge < -0.3 is 15.0 Å². The highest BCUT2D eigenvalue weighted by Crippen LogP contribution is 2.32. The van der Waals surface area contributed by atoms with Crippen LogP contribution in [0.2, 0.25) is 0 Å². The number of rotatable bonds is 4. The molecule has 0 amide bonds. The van der Waals surface area contributed by atoms with E-state index in [1.54, 1.807) is 11.3 Å². The Morgan fingerprint density at radius 1 is 1.38 bits per heavy atom. The zero-order valence-corrected chi connectivity index (χ0v) is 13.7. The molecule has 114 valence electrons. The van der Waals surface area contributed by atoms with E-state index in [9.17, 15) is 0 Å². The summed E-state index contributed by atoms with van der Waals surface area (Å²) in [4.78, 5) is 13.8. The van der Waals surface area contributed by atoms with Crippen LogP contribution >= 0.6 is 11.3 Å². The maximum Gasteiger partial charge on any atom is 0.225 e. The molecule has 0 bridgehead atoms. The predicted octanol–water partition coefficient (Wildman–Crippen LogP) is 2.90. The van der Waals surface area contributed by atoms with Gasteiger partial charge in [-0.05, 0) is 31.7 Å². The van der Waals surface area contributed by atoms with Crippen LogP contribution in [-0.4, -0.2) is 43.8 Å². The molecule has 0 atom stereocenters. The molecule has 1 saturated heterocycles. The number of nitrogens with zero attached hydrogens (tertiary/aromatic N) is 3. The van der Waals surface area contributed by atoms with Crippen LogP contribution in [0.3, 0.4) is 0 Å². The van der Waals surface area contributed by atoms with Crippen LogP contribution in [0.15, 0.2) is 6.07 Å². The molecule has 0 aliphatic carbocycles. The van der Waals surface area contributed by atoms with Gasteiger partial charge in [0.25, 0.3) is 0 Å². The van der Waals surface area contributed by atoms with Crippen molar-refractivity contribution in [3.05, 3.63) is 10.9 Å². The molecule has 0 unspecified atom stereocenters. The lowest BCUT2D eigenvalue weighted by Gasteiger charge is -2.28. The highest BCUT2D eigenvalue weighted by molar-refractivity contribution is 7.18. The van der Waals surface area contributed by atoms with Gasteiger partial charge in [0.15, 0.2) is 0 Å². The lowest BCUT2D eigenvalue weighted by atomic mass is 10.00. The summed E-state index contributed by atoms with van der Waals surface area (Å²) in [6.45, 7) is 4.91. The molecule has 0 radical (unpaired) electrons. The largest absolute Gasteiger partial charge is 0.381 e. The van der Waals surface area contributed by atoms with Crippen LogP contribution in [0.5, 0.6) is 0 Å². The third-order valence-electron chi connectivity index (χ3n) is 3.95. The Labute approximate surface area is 129 Å². The molecule has 0 saturated carbocycles. The third-order valence-corrected chi connectivity index (χ3v) is 4.90. The third kappa shape index (κ3) is 3.11. The fourth-order valence-corrected chi connectivity index (χ4v) is 3.71. The summed E-state index contributed by atoms with van der Waals surface area (Å²) in [5, 5.41) is 4.22. The number of thiophene rings is 1. The fourth-order valence-electron chi connectivity index (χ4n) is 2.83. The molecule has 0 spiro atoms. The summed E-state index contributed by atoms with van der Waals surface area (Å²) < 4.78 is 5.44. The zero-order chi connectivity index (χ0) is 14.8. The van der Waals surface area contributed by atoms with Gasteiger partial charge in [0.2, 0.25) is 5.95 Å². The van der Waals surface area contributed by atoms with Crippen molar-refractivity contribution >= 4 is 33.3 Å². The molecule has 1 N–H and O–H groups in total. The molecular weight excluding hydrogens is 284 g/mol. The SMILES string of the molecule is CNc1nc(N(C)CC2CCOCC2)c2cc(C)sc2n1. The fraction of sp³-hybridized carbons (Fsp3) is 0.600. The molecule has 3 heterocycles. The minimum atomic E-state index is 0.687. The smallest absolute Gasteiger partial charge is 0.225 e. The Morgan fingerprint density at radius 3 is 2.86 bits per heavy atom. The Balaban J connectivity index is 1.89. The van der Waals surface area contributed by atoms with Crippen molar-refractivity contribution in [2.45, 2.75) is 19.8 Å². The van der Waals surface area contributed by atoms with Gasteiger partial charge in [-0.25, -0.2) is 4.98 Å². The molecule has 2 aromatic heterocycles. The normalized spacial score (nSPS) is 16.3. The van der Waals surface area contributed by atoms with E-state index in [0.717, 1.165) is 48.6 Å². The van der Waals surface area contributed by atoms with Crippen molar-refractivity contribution in [3.8, 4) is 0 Å². The van der Waals surface area contributed by atoms with Crippen molar-refractivity contribution < 1.29 is 4.74 Å². The zero-order valence-electron chi connectivity index (χ0n) is 12.8. The summed E-state index contributed by atoms with van der Waals surface area (Å²) >= 11 is 1.72. The first-order valence-corrected chi connectivity index (χ1v) is 8.24. The number of hydrogen-bond acceptors (Lipinski definition) is 6. The Kier molecular flexibility index (Phi) is 4.26. The maximum absolute atomic E-state index is 5.44. The summed E-state index contributed by atoms with van der Waals surface area (Å²) in [5.74, 6) is 2.41. The Bertz CT molecular complexity index is 621. The predicted molar refractivity (Wildman–Crippen MR) is 88.5 cm³/mol. The van der Waals surface area contributed by atoms with Crippen molar-refractivity contribution in [2.75, 3.05) is 44.1 Å². The summed E-state index contributed by atoms with van der Waals surface area (Å²) in [5.41, 5.74) is 0. The molecule has 21 heavy (non-hydrogen) atoms. The average molecular weight is 306 g/mol. The van der Waals surface area contributed by atoms with Crippen LogP contribution in [-0.2, 0) is 4.74 Å². The lowest BCUT2D eigenvalue weighted by Crippen LogP contribution is -2.30. The molecular formula is C15H22N4OS. The van der Waals surface area contributed by atoms with Crippen molar-refractivity contribution in [3.63, 3.8) is 0 Å². The van der Waals surface area contributed by atoms with Crippen LogP contribution < -0.4 is 10.2 Å². The van der Waals surface area contributed by atoms with E-state index in [4.69, 9.17) is 4.74 Å². The van der Waals surface area contributed by atoms with Crippen LogP contribution in [0.4, 0.5) is 11.8 Å². The number of ether oxygens (including phenoxy) is 1. The number of aromatic nitrogens is 2. The first kappa shape index (κ1) is 14.5. The number of hydrogen-bond donors (Lipinski definition) is 1. The van der Waals surface area contributed by atoms with Gasteiger partial charge in [-0.2, -0.15) is 4.98 Å². The highest BCUT2D eigenvalue weighted by atomic mass is 32.1. The molecule has 3 rings (SSSR count). The molecule has 1 fully saturated rings. The quantitative estimate of drug-likeness (QED) is 0.941. The van der Waals surface area contributed by atoms with Gasteiger partial charge in [-0.1, -0.05) is 0 Å². The van der Waals surface area contributed by atoms with E-state index in [-0.39, 0.29) is 0 Å². The number of anilines is 2. The molecule has 1 aliphatic rings. The minimum Gasteiger partial charge on any atom is -0.381 e. The van der Waals surface area contributed by atoms with Crippen molar-refractivity contribution in [1.82, 2.24) is 9.97 Å². The lowest BCUT2D eigenvalue weighted by molar-refractivity contribution is 0.0685. The molecule has 6 heteroatoms. The van der Waals surface area contributed by atoms with Gasteiger partial charge >= 0.3 is 0 Å². The number of aryl methyl sites for hydroxylation is 1. The van der Waals surface area contributed by atoms with Gasteiger partial charge in [-0.3, -0.25) is 0 Å². The van der Waals surface area contributed by atoms with E-state index in [2.05, 4.69) is 40.2 Å². The van der Waals surface area contributed by atoms with Crippen LogP contribution in [0.1, 0.15) is 17.7 Å². The summed E-state index contributed by atoms with van der Waals surface area (Å²) in [7, 11) is 3.99. The van der Waals surface area contributed by atoms with Crippen LogP contribution in [0, 0.1) is 12.8 Å². The average Bonchev–Trinajstić information content (AvgIpc) is 2.87. The first-order chi connectivity index (χ1) is 10.2. The number of nitrogens with one attached hydrogen (secondary N) is 1. The second kappa shape index (κ2) is 6.15. The molecule has 1 aliphatic heterocycles. The van der Waals surface area contributed by atoms with E-state index in [1.165, 1.54) is 4.88 Å². The monoisotopic (exact) mass is 306 g/mol. The van der Waals surface area contributed by atoms with E-state index < -0.39 is 0 Å². The van der Waals surface area contributed by atoms with Gasteiger partial charge in [0, 0.05) is 38.7 Å². The molecule has 5 nitrogen and oxygen atoms in total. The Morgan fingerprint density at radius 2 is 2.14 bits per heavy atom. The highest BCUT2D eigenvalue weighted by Gasteiger charge is 2.19. The van der Waals surface area contributed by atoms with E-state index >= 15 is 0 Å². The molecule has 2 aromatic rings. The summed E-state index contributed by atoms with van der Waals surface area (Å²) in [6.07, 6.45) is 2.28. The van der Waals surface area contributed by atoms with Gasteiger partial charge in [0.05, 0.1) is 5.39 Å².